The molecule has 0 atom stereocenters. The maximum atomic E-state index is 13.2. The molecule has 0 aliphatic heterocycles. The van der Waals surface area contributed by atoms with Crippen molar-refractivity contribution in [2.75, 3.05) is 11.9 Å². The fourth-order valence-electron chi connectivity index (χ4n) is 3.26. The quantitative estimate of drug-likeness (QED) is 0.394. The van der Waals surface area contributed by atoms with E-state index in [0.717, 1.165) is 6.42 Å². The molecule has 35 heavy (non-hydrogen) atoms. The van der Waals surface area contributed by atoms with Crippen LogP contribution in [0.5, 0.6) is 11.5 Å². The van der Waals surface area contributed by atoms with Gasteiger partial charge in [0.2, 0.25) is 0 Å². The number of rotatable bonds is 8. The van der Waals surface area contributed by atoms with Crippen LogP contribution in [0.2, 0.25) is 0 Å². The summed E-state index contributed by atoms with van der Waals surface area (Å²) in [4.78, 5) is 29.2. The number of aromatic nitrogens is 4. The second kappa shape index (κ2) is 10.6. The summed E-state index contributed by atoms with van der Waals surface area (Å²) >= 11 is 0. The van der Waals surface area contributed by atoms with E-state index in [1.807, 2.05) is 6.92 Å². The smallest absolute Gasteiger partial charge is 0.278 e. The number of hydrogen-bond acceptors (Lipinski definition) is 6. The Balaban J connectivity index is 1.44. The SMILES string of the molecule is CCCNC(=O)c1ncccc1Oc1ccc(NC(=O)c2nnn(-c3ccc(F)cc3)c2C)cc1. The van der Waals surface area contributed by atoms with Gasteiger partial charge in [0.1, 0.15) is 11.6 Å². The number of amides is 2. The van der Waals surface area contributed by atoms with Gasteiger partial charge in [0.25, 0.3) is 11.8 Å². The Hall–Kier alpha value is -4.60. The van der Waals surface area contributed by atoms with E-state index in [1.54, 1.807) is 55.5 Å². The van der Waals surface area contributed by atoms with Gasteiger partial charge in [-0.3, -0.25) is 9.59 Å². The number of ether oxygens (including phenoxy) is 1. The molecule has 2 aromatic carbocycles. The van der Waals surface area contributed by atoms with Crippen molar-refractivity contribution in [3.63, 3.8) is 0 Å². The molecular formula is C25H23FN6O3. The Kier molecular flexibility index (Phi) is 7.10. The van der Waals surface area contributed by atoms with E-state index in [0.29, 0.717) is 35.1 Å². The standard InChI is InChI=1S/C25H23FN6O3/c1-3-14-28-24(33)23-21(5-4-15-27-23)35-20-12-8-18(9-13-20)29-25(34)22-16(2)32(31-30-22)19-10-6-17(26)7-11-19/h4-13,15H,3,14H2,1-2H3,(H,28,33)(H,29,34). The van der Waals surface area contributed by atoms with Crippen molar-refractivity contribution >= 4 is 17.5 Å². The Morgan fingerprint density at radius 1 is 1.00 bits per heavy atom. The van der Waals surface area contributed by atoms with E-state index in [9.17, 15) is 14.0 Å². The highest BCUT2D eigenvalue weighted by Crippen LogP contribution is 2.25. The first-order chi connectivity index (χ1) is 17.0. The zero-order valence-corrected chi connectivity index (χ0v) is 19.2. The van der Waals surface area contributed by atoms with Gasteiger partial charge >= 0.3 is 0 Å². The molecule has 2 N–H and O–H groups in total. The Bertz CT molecular complexity index is 1340. The zero-order chi connectivity index (χ0) is 24.8. The van der Waals surface area contributed by atoms with Crippen LogP contribution in [0.1, 0.15) is 40.0 Å². The van der Waals surface area contributed by atoms with Gasteiger partial charge in [-0.25, -0.2) is 14.1 Å². The summed E-state index contributed by atoms with van der Waals surface area (Å²) < 4.78 is 20.5. The molecule has 0 spiro atoms. The molecule has 0 fully saturated rings. The number of carbonyl (C=O) groups excluding carboxylic acids is 2. The maximum Gasteiger partial charge on any atom is 0.278 e. The summed E-state index contributed by atoms with van der Waals surface area (Å²) in [5, 5.41) is 13.5. The number of nitrogens with one attached hydrogen (secondary N) is 2. The number of halogens is 1. The van der Waals surface area contributed by atoms with Crippen LogP contribution in [-0.4, -0.2) is 38.3 Å². The topological polar surface area (TPSA) is 111 Å². The molecule has 2 aromatic heterocycles. The first-order valence-corrected chi connectivity index (χ1v) is 11.0. The predicted octanol–water partition coefficient (Wildman–Crippen LogP) is 4.29. The van der Waals surface area contributed by atoms with E-state index in [4.69, 9.17) is 4.74 Å². The molecule has 178 valence electrons. The zero-order valence-electron chi connectivity index (χ0n) is 19.2. The van der Waals surface area contributed by atoms with E-state index >= 15 is 0 Å². The van der Waals surface area contributed by atoms with Crippen LogP contribution in [-0.2, 0) is 0 Å². The fraction of sp³-hybridized carbons (Fsp3) is 0.160. The summed E-state index contributed by atoms with van der Waals surface area (Å²) in [6.07, 6.45) is 2.34. The third kappa shape index (κ3) is 5.49. The Morgan fingerprint density at radius 3 is 2.46 bits per heavy atom. The summed E-state index contributed by atoms with van der Waals surface area (Å²) in [6.45, 7) is 4.21. The van der Waals surface area contributed by atoms with Gasteiger partial charge in [-0.2, -0.15) is 0 Å². The van der Waals surface area contributed by atoms with Crippen molar-refractivity contribution in [2.45, 2.75) is 20.3 Å². The Morgan fingerprint density at radius 2 is 1.74 bits per heavy atom. The van der Waals surface area contributed by atoms with Crippen molar-refractivity contribution in [2.24, 2.45) is 0 Å². The molecule has 0 saturated heterocycles. The number of carbonyl (C=O) groups is 2. The molecule has 0 aliphatic carbocycles. The van der Waals surface area contributed by atoms with Gasteiger partial charge in [0, 0.05) is 18.4 Å². The highest BCUT2D eigenvalue weighted by molar-refractivity contribution is 6.03. The average molecular weight is 474 g/mol. The summed E-state index contributed by atoms with van der Waals surface area (Å²) in [6, 6.07) is 15.7. The minimum absolute atomic E-state index is 0.146. The van der Waals surface area contributed by atoms with Gasteiger partial charge in [-0.15, -0.1) is 5.10 Å². The largest absolute Gasteiger partial charge is 0.455 e. The highest BCUT2D eigenvalue weighted by atomic mass is 19.1. The lowest BCUT2D eigenvalue weighted by molar-refractivity contribution is 0.0945. The van der Waals surface area contributed by atoms with E-state index in [-0.39, 0.29) is 23.1 Å². The molecule has 0 aliphatic rings. The van der Waals surface area contributed by atoms with E-state index in [2.05, 4.69) is 25.9 Å². The molecule has 9 nitrogen and oxygen atoms in total. The second-order valence-electron chi connectivity index (χ2n) is 7.60. The molecule has 2 heterocycles. The number of pyridine rings is 1. The van der Waals surface area contributed by atoms with Gasteiger partial charge in [0.05, 0.1) is 11.4 Å². The fourth-order valence-corrected chi connectivity index (χ4v) is 3.26. The second-order valence-corrected chi connectivity index (χ2v) is 7.60. The summed E-state index contributed by atoms with van der Waals surface area (Å²) in [7, 11) is 0. The number of hydrogen-bond donors (Lipinski definition) is 2. The normalized spacial score (nSPS) is 10.6. The lowest BCUT2D eigenvalue weighted by Crippen LogP contribution is -2.25. The minimum atomic E-state index is -0.438. The molecule has 0 unspecified atom stereocenters. The monoisotopic (exact) mass is 474 g/mol. The summed E-state index contributed by atoms with van der Waals surface area (Å²) in [5.74, 6) is -0.316. The minimum Gasteiger partial charge on any atom is -0.455 e. The molecule has 0 saturated carbocycles. The number of benzene rings is 2. The van der Waals surface area contributed by atoms with Crippen LogP contribution in [0.4, 0.5) is 10.1 Å². The lowest BCUT2D eigenvalue weighted by atomic mass is 10.2. The van der Waals surface area contributed by atoms with Crippen molar-refractivity contribution < 1.29 is 18.7 Å². The molecule has 0 bridgehead atoms. The van der Waals surface area contributed by atoms with Gasteiger partial charge in [-0.1, -0.05) is 12.1 Å². The highest BCUT2D eigenvalue weighted by Gasteiger charge is 2.18. The van der Waals surface area contributed by atoms with Crippen LogP contribution in [0.25, 0.3) is 5.69 Å². The summed E-state index contributed by atoms with van der Waals surface area (Å²) in [5.41, 5.74) is 1.96. The van der Waals surface area contributed by atoms with Crippen LogP contribution < -0.4 is 15.4 Å². The van der Waals surface area contributed by atoms with Crippen molar-refractivity contribution in [1.82, 2.24) is 25.3 Å². The third-order valence-corrected chi connectivity index (χ3v) is 5.04. The first kappa shape index (κ1) is 23.6. The van der Waals surface area contributed by atoms with Gasteiger partial charge in [-0.05, 0) is 74.0 Å². The maximum absolute atomic E-state index is 13.2. The predicted molar refractivity (Wildman–Crippen MR) is 127 cm³/mol. The van der Waals surface area contributed by atoms with Crippen LogP contribution >= 0.6 is 0 Å². The first-order valence-electron chi connectivity index (χ1n) is 11.0. The molecular weight excluding hydrogens is 451 g/mol. The molecule has 10 heteroatoms. The molecule has 4 rings (SSSR count). The van der Waals surface area contributed by atoms with Gasteiger partial charge in [0.15, 0.2) is 17.1 Å². The van der Waals surface area contributed by atoms with E-state index in [1.165, 1.54) is 23.0 Å². The average Bonchev–Trinajstić information content (AvgIpc) is 3.26. The van der Waals surface area contributed by atoms with E-state index < -0.39 is 5.91 Å². The van der Waals surface area contributed by atoms with Gasteiger partial charge < -0.3 is 15.4 Å². The number of nitrogens with zero attached hydrogens (tertiary/aromatic N) is 4. The van der Waals surface area contributed by atoms with Crippen LogP contribution in [0, 0.1) is 12.7 Å². The van der Waals surface area contributed by atoms with Crippen LogP contribution in [0.3, 0.4) is 0 Å². The Labute approximate surface area is 201 Å². The van der Waals surface area contributed by atoms with Crippen molar-refractivity contribution in [3.8, 4) is 17.2 Å². The molecule has 0 radical (unpaired) electrons. The molecule has 2 amide bonds. The molecule has 4 aromatic rings. The van der Waals surface area contributed by atoms with Crippen molar-refractivity contribution in [1.29, 1.82) is 0 Å². The lowest BCUT2D eigenvalue weighted by Gasteiger charge is -2.11. The number of anilines is 1. The third-order valence-electron chi connectivity index (χ3n) is 5.04. The van der Waals surface area contributed by atoms with Crippen molar-refractivity contribution in [3.05, 3.63) is 89.8 Å². The van der Waals surface area contributed by atoms with Crippen LogP contribution in [0.15, 0.2) is 66.9 Å².